The molecule has 1 unspecified atom stereocenters. The Balaban J connectivity index is 2.00. The molecule has 1 N–H and O–H groups in total. The third-order valence-electron chi connectivity index (χ3n) is 4.51. The fraction of sp³-hybridized carbons (Fsp3) is 0.333. The Bertz CT molecular complexity index is 920. The minimum Gasteiger partial charge on any atom is -0.494 e. The van der Waals surface area contributed by atoms with E-state index in [-0.39, 0.29) is 32.4 Å². The van der Waals surface area contributed by atoms with E-state index in [1.165, 1.54) is 30.2 Å². The van der Waals surface area contributed by atoms with Crippen molar-refractivity contribution in [2.24, 2.45) is 0 Å². The fourth-order valence-electron chi connectivity index (χ4n) is 3.39. The number of hydrogen-bond acceptors (Lipinski definition) is 5. The van der Waals surface area contributed by atoms with E-state index in [2.05, 4.69) is 0 Å². The van der Waals surface area contributed by atoms with Crippen LogP contribution in [0.4, 0.5) is 13.2 Å². The predicted octanol–water partition coefficient (Wildman–Crippen LogP) is 4.79. The van der Waals surface area contributed by atoms with E-state index in [1.54, 1.807) is 6.92 Å². The largest absolute Gasteiger partial charge is 0.494 e. The number of amides is 1. The maximum Gasteiger partial charge on any atom is 0.307 e. The maximum atomic E-state index is 14.9. The van der Waals surface area contributed by atoms with Gasteiger partial charge in [-0.05, 0) is 48.9 Å². The Morgan fingerprint density at radius 3 is 2.75 bits per heavy atom. The van der Waals surface area contributed by atoms with E-state index in [9.17, 15) is 27.9 Å². The molecule has 1 aliphatic heterocycles. The van der Waals surface area contributed by atoms with Gasteiger partial charge in [-0.3, -0.25) is 9.59 Å². The highest BCUT2D eigenvalue weighted by molar-refractivity contribution is 8.01. The van der Waals surface area contributed by atoms with E-state index >= 15 is 0 Å². The van der Waals surface area contributed by atoms with Gasteiger partial charge in [0.05, 0.1) is 28.7 Å². The van der Waals surface area contributed by atoms with E-state index in [4.69, 9.17) is 4.74 Å². The standard InChI is InChI=1S/C18H16F3NO4S2/c1-8-9(7-13(23)24)15-10(3-4-11(26-2)16(15)19)22(8)17(25)12-5-6-14(27-12)28-18(20)21/h4-6,10,18H,3,7H2,1-2H3,(H,23,24). The second kappa shape index (κ2) is 8.04. The summed E-state index contributed by atoms with van der Waals surface area (Å²) >= 11 is 1.27. The van der Waals surface area contributed by atoms with Crippen molar-refractivity contribution >= 4 is 35.0 Å². The molecular formula is C18H16F3NO4S2. The van der Waals surface area contributed by atoms with E-state index in [0.717, 1.165) is 11.3 Å². The zero-order valence-electron chi connectivity index (χ0n) is 14.9. The third kappa shape index (κ3) is 3.70. The molecule has 0 fully saturated rings. The first-order valence-corrected chi connectivity index (χ1v) is 9.88. The summed E-state index contributed by atoms with van der Waals surface area (Å²) in [6, 6.07) is 2.18. The molecule has 1 amide bonds. The summed E-state index contributed by atoms with van der Waals surface area (Å²) in [4.78, 5) is 25.9. The average molecular weight is 431 g/mol. The van der Waals surface area contributed by atoms with Crippen molar-refractivity contribution in [3.05, 3.63) is 51.5 Å². The predicted molar refractivity (Wildman–Crippen MR) is 98.9 cm³/mol. The van der Waals surface area contributed by atoms with Crippen LogP contribution in [0.2, 0.25) is 0 Å². The van der Waals surface area contributed by atoms with E-state index < -0.39 is 35.9 Å². The smallest absolute Gasteiger partial charge is 0.307 e. The molecule has 1 aromatic heterocycles. The van der Waals surface area contributed by atoms with E-state index in [0.29, 0.717) is 17.5 Å². The van der Waals surface area contributed by atoms with Crippen LogP contribution in [0.3, 0.4) is 0 Å². The molecule has 2 aliphatic rings. The van der Waals surface area contributed by atoms with Gasteiger partial charge in [0, 0.05) is 11.3 Å². The van der Waals surface area contributed by atoms with Crippen LogP contribution in [-0.2, 0) is 9.53 Å². The van der Waals surface area contributed by atoms with Gasteiger partial charge in [0.2, 0.25) is 0 Å². The lowest BCUT2D eigenvalue weighted by Crippen LogP contribution is -2.36. The number of carboxylic acids is 1. The SMILES string of the molecule is COC1=CCC2C(=C1F)C(CC(=O)O)=C(C)N2C(=O)c1ccc(SC(F)F)s1. The van der Waals surface area contributed by atoms with Gasteiger partial charge >= 0.3 is 5.97 Å². The highest BCUT2D eigenvalue weighted by atomic mass is 32.2. The molecule has 0 aromatic carbocycles. The second-order valence-corrected chi connectivity index (χ2v) is 8.43. The van der Waals surface area contributed by atoms with Gasteiger partial charge in [-0.2, -0.15) is 8.78 Å². The topological polar surface area (TPSA) is 66.8 Å². The molecule has 0 radical (unpaired) electrons. The summed E-state index contributed by atoms with van der Waals surface area (Å²) in [6.45, 7) is 1.56. The second-order valence-electron chi connectivity index (χ2n) is 6.06. The van der Waals surface area contributed by atoms with Gasteiger partial charge < -0.3 is 14.7 Å². The van der Waals surface area contributed by atoms with Crippen LogP contribution in [0.25, 0.3) is 0 Å². The van der Waals surface area contributed by atoms with Crippen LogP contribution in [0, 0.1) is 0 Å². The lowest BCUT2D eigenvalue weighted by molar-refractivity contribution is -0.136. The molecule has 1 aromatic rings. The van der Waals surface area contributed by atoms with Gasteiger partial charge in [-0.15, -0.1) is 11.3 Å². The van der Waals surface area contributed by atoms with Crippen molar-refractivity contribution in [3.8, 4) is 0 Å². The van der Waals surface area contributed by atoms with Crippen molar-refractivity contribution in [1.29, 1.82) is 0 Å². The number of allylic oxidation sites excluding steroid dienone is 2. The molecule has 10 heteroatoms. The summed E-state index contributed by atoms with van der Waals surface area (Å²) in [7, 11) is 1.31. The summed E-state index contributed by atoms with van der Waals surface area (Å²) in [5.41, 5.74) is 0.695. The van der Waals surface area contributed by atoms with Crippen LogP contribution >= 0.6 is 23.1 Å². The lowest BCUT2D eigenvalue weighted by Gasteiger charge is -2.28. The van der Waals surface area contributed by atoms with Gasteiger partial charge in [0.25, 0.3) is 11.7 Å². The van der Waals surface area contributed by atoms with E-state index in [1.807, 2.05) is 0 Å². The molecule has 2 heterocycles. The quantitative estimate of drug-likeness (QED) is 0.656. The highest BCUT2D eigenvalue weighted by Gasteiger charge is 2.43. The third-order valence-corrected chi connectivity index (χ3v) is 6.46. The van der Waals surface area contributed by atoms with Crippen molar-refractivity contribution in [2.75, 3.05) is 7.11 Å². The number of methoxy groups -OCH3 is 1. The zero-order chi connectivity index (χ0) is 20.6. The summed E-state index contributed by atoms with van der Waals surface area (Å²) < 4.78 is 45.3. The number of nitrogens with zero attached hydrogens (tertiary/aromatic N) is 1. The van der Waals surface area contributed by atoms with Crippen LogP contribution in [0.5, 0.6) is 0 Å². The van der Waals surface area contributed by atoms with Gasteiger partial charge in [0.1, 0.15) is 0 Å². The first kappa shape index (κ1) is 20.5. The maximum absolute atomic E-state index is 14.9. The number of aliphatic carboxylic acids is 1. The molecule has 0 saturated heterocycles. The number of thioether (sulfide) groups is 1. The minimum atomic E-state index is -2.60. The number of carbonyl (C=O) groups is 2. The lowest BCUT2D eigenvalue weighted by atomic mass is 9.92. The van der Waals surface area contributed by atoms with Crippen LogP contribution in [0.15, 0.2) is 50.8 Å². The monoisotopic (exact) mass is 431 g/mol. The Morgan fingerprint density at radius 2 is 2.14 bits per heavy atom. The Labute approximate surface area is 167 Å². The van der Waals surface area contributed by atoms with Crippen LogP contribution in [0.1, 0.15) is 29.4 Å². The number of fused-ring (bicyclic) bond motifs is 1. The molecule has 5 nitrogen and oxygen atoms in total. The van der Waals surface area contributed by atoms with Crippen molar-refractivity contribution in [1.82, 2.24) is 4.90 Å². The Morgan fingerprint density at radius 1 is 1.43 bits per heavy atom. The first-order valence-electron chi connectivity index (χ1n) is 8.18. The Kier molecular flexibility index (Phi) is 5.90. The molecule has 1 aliphatic carbocycles. The van der Waals surface area contributed by atoms with Crippen LogP contribution in [-0.4, -0.2) is 40.8 Å². The Hall–Kier alpha value is -2.20. The number of carbonyl (C=O) groups excluding carboxylic acids is 1. The molecule has 28 heavy (non-hydrogen) atoms. The normalized spacial score (nSPS) is 19.3. The molecule has 1 atom stereocenters. The number of ether oxygens (including phenoxy) is 1. The van der Waals surface area contributed by atoms with Gasteiger partial charge in [-0.25, -0.2) is 4.39 Å². The number of alkyl halides is 2. The van der Waals surface area contributed by atoms with Crippen molar-refractivity contribution < 1.29 is 32.6 Å². The number of halogens is 3. The summed E-state index contributed by atoms with van der Waals surface area (Å²) in [5, 5.41) is 9.22. The minimum absolute atomic E-state index is 0.00276. The molecule has 3 rings (SSSR count). The van der Waals surface area contributed by atoms with Crippen molar-refractivity contribution in [2.45, 2.75) is 35.8 Å². The highest BCUT2D eigenvalue weighted by Crippen LogP contribution is 2.45. The molecular weight excluding hydrogens is 415 g/mol. The average Bonchev–Trinajstić information content (AvgIpc) is 3.18. The fourth-order valence-corrected chi connectivity index (χ4v) is 5.07. The zero-order valence-corrected chi connectivity index (χ0v) is 16.5. The molecule has 0 spiro atoms. The number of thiophene rings is 1. The molecule has 150 valence electrons. The number of hydrogen-bond donors (Lipinski definition) is 1. The summed E-state index contributed by atoms with van der Waals surface area (Å²) in [6.07, 6.45) is 1.32. The van der Waals surface area contributed by atoms with Gasteiger partial charge in [-0.1, -0.05) is 0 Å². The van der Waals surface area contributed by atoms with Gasteiger partial charge in [0.15, 0.2) is 11.6 Å². The number of carboxylic acid groups (broad SMARTS) is 1. The number of rotatable bonds is 6. The van der Waals surface area contributed by atoms with Crippen molar-refractivity contribution in [3.63, 3.8) is 0 Å². The first-order chi connectivity index (χ1) is 13.2. The molecule has 0 bridgehead atoms. The summed E-state index contributed by atoms with van der Waals surface area (Å²) in [5.74, 6) is -4.92. The molecule has 0 saturated carbocycles. The van der Waals surface area contributed by atoms with Crippen LogP contribution < -0.4 is 0 Å².